The van der Waals surface area contributed by atoms with E-state index in [9.17, 15) is 0 Å². The summed E-state index contributed by atoms with van der Waals surface area (Å²) in [7, 11) is 0. The Morgan fingerprint density at radius 2 is 2.18 bits per heavy atom. The predicted molar refractivity (Wildman–Crippen MR) is 49.7 cm³/mol. The van der Waals surface area contributed by atoms with Gasteiger partial charge in [-0.1, -0.05) is 24.6 Å². The number of hydrogen-bond donors (Lipinski definition) is 2. The topological polar surface area (TPSA) is 20.2 Å². The Labute approximate surface area is 76.4 Å². The van der Waals surface area contributed by atoms with Crippen LogP contribution in [0.25, 0.3) is 0 Å². The second kappa shape index (κ2) is 3.37. The highest BCUT2D eigenvalue weighted by Crippen LogP contribution is 2.32. The van der Waals surface area contributed by atoms with E-state index in [1.807, 2.05) is 6.92 Å². The SMILES string of the molecule is CCc1ccc(O)c(S)c1Cl. The van der Waals surface area contributed by atoms with Gasteiger partial charge in [0.15, 0.2) is 0 Å². The maximum atomic E-state index is 9.16. The first kappa shape index (κ1) is 8.75. The standard InChI is InChI=1S/C8H9ClOS/c1-2-5-3-4-6(10)8(11)7(5)9/h3-4,10-11H,2H2,1H3. The number of aromatic hydroxyl groups is 1. The second-order valence-electron chi connectivity index (χ2n) is 2.26. The first-order valence-corrected chi connectivity index (χ1v) is 4.18. The van der Waals surface area contributed by atoms with Gasteiger partial charge in [-0.2, -0.15) is 0 Å². The van der Waals surface area contributed by atoms with Crippen molar-refractivity contribution in [3.8, 4) is 5.75 Å². The van der Waals surface area contributed by atoms with Gasteiger partial charge >= 0.3 is 0 Å². The zero-order chi connectivity index (χ0) is 8.43. The molecule has 0 aliphatic heterocycles. The fourth-order valence-electron chi connectivity index (χ4n) is 0.869. The van der Waals surface area contributed by atoms with Crippen molar-refractivity contribution in [2.24, 2.45) is 0 Å². The van der Waals surface area contributed by atoms with E-state index in [4.69, 9.17) is 16.7 Å². The number of benzene rings is 1. The van der Waals surface area contributed by atoms with Crippen LogP contribution in [0.1, 0.15) is 12.5 Å². The summed E-state index contributed by atoms with van der Waals surface area (Å²) in [5, 5.41) is 9.71. The molecule has 0 atom stereocenters. The molecule has 0 radical (unpaired) electrons. The Bertz CT molecular complexity index is 273. The van der Waals surface area contributed by atoms with Crippen LogP contribution in [0, 0.1) is 0 Å². The quantitative estimate of drug-likeness (QED) is 0.650. The Hall–Kier alpha value is -0.340. The molecule has 60 valence electrons. The number of halogens is 1. The molecular weight excluding hydrogens is 180 g/mol. The smallest absolute Gasteiger partial charge is 0.130 e. The first-order chi connectivity index (χ1) is 5.16. The fraction of sp³-hybridized carbons (Fsp3) is 0.250. The van der Waals surface area contributed by atoms with Crippen LogP contribution in [0.5, 0.6) is 5.75 Å². The molecule has 3 heteroatoms. The Balaban J connectivity index is 3.25. The van der Waals surface area contributed by atoms with Gasteiger partial charge in [-0.05, 0) is 18.1 Å². The molecule has 0 bridgehead atoms. The molecule has 0 aliphatic carbocycles. The highest BCUT2D eigenvalue weighted by molar-refractivity contribution is 7.80. The summed E-state index contributed by atoms with van der Waals surface area (Å²) >= 11 is 9.92. The molecule has 0 spiro atoms. The van der Waals surface area contributed by atoms with Gasteiger partial charge in [-0.25, -0.2) is 0 Å². The van der Waals surface area contributed by atoms with Gasteiger partial charge in [0.1, 0.15) is 5.75 Å². The van der Waals surface area contributed by atoms with Crippen molar-refractivity contribution in [2.45, 2.75) is 18.2 Å². The summed E-state index contributed by atoms with van der Waals surface area (Å²) in [6.07, 6.45) is 0.854. The number of thiol groups is 1. The van der Waals surface area contributed by atoms with E-state index in [1.165, 1.54) is 0 Å². The average Bonchev–Trinajstić information content (AvgIpc) is 2.01. The van der Waals surface area contributed by atoms with Gasteiger partial charge in [0.25, 0.3) is 0 Å². The Morgan fingerprint density at radius 1 is 1.55 bits per heavy atom. The normalized spacial score (nSPS) is 10.1. The number of phenolic OH excluding ortho intramolecular Hbond substituents is 1. The molecule has 0 unspecified atom stereocenters. The third-order valence-electron chi connectivity index (χ3n) is 1.56. The average molecular weight is 189 g/mol. The molecular formula is C8H9ClOS. The molecule has 1 rings (SSSR count). The van der Waals surface area contributed by atoms with Gasteiger partial charge in [0.05, 0.1) is 9.92 Å². The van der Waals surface area contributed by atoms with Crippen LogP contribution in [0.2, 0.25) is 5.02 Å². The van der Waals surface area contributed by atoms with Gasteiger partial charge in [0.2, 0.25) is 0 Å². The minimum atomic E-state index is 0.135. The summed E-state index contributed by atoms with van der Waals surface area (Å²) in [5.41, 5.74) is 1.01. The Morgan fingerprint density at radius 3 is 2.73 bits per heavy atom. The van der Waals surface area contributed by atoms with Crippen LogP contribution in [0.4, 0.5) is 0 Å². The minimum absolute atomic E-state index is 0.135. The molecule has 0 aliphatic rings. The zero-order valence-electron chi connectivity index (χ0n) is 6.13. The van der Waals surface area contributed by atoms with Crippen molar-refractivity contribution in [2.75, 3.05) is 0 Å². The van der Waals surface area contributed by atoms with Crippen molar-refractivity contribution in [3.05, 3.63) is 22.7 Å². The number of hydrogen-bond acceptors (Lipinski definition) is 2. The lowest BCUT2D eigenvalue weighted by Gasteiger charge is -2.04. The van der Waals surface area contributed by atoms with E-state index in [-0.39, 0.29) is 5.75 Å². The van der Waals surface area contributed by atoms with Gasteiger partial charge < -0.3 is 5.11 Å². The van der Waals surface area contributed by atoms with E-state index < -0.39 is 0 Å². The van der Waals surface area contributed by atoms with Gasteiger partial charge in [-0.3, -0.25) is 0 Å². The lowest BCUT2D eigenvalue weighted by molar-refractivity contribution is 0.462. The fourth-order valence-corrected chi connectivity index (χ4v) is 1.38. The van der Waals surface area contributed by atoms with E-state index in [1.54, 1.807) is 12.1 Å². The summed E-state index contributed by atoms with van der Waals surface area (Å²) in [6, 6.07) is 3.41. The minimum Gasteiger partial charge on any atom is -0.507 e. The summed E-state index contributed by atoms with van der Waals surface area (Å²) in [6.45, 7) is 2.01. The van der Waals surface area contributed by atoms with Crippen molar-refractivity contribution >= 4 is 24.2 Å². The number of rotatable bonds is 1. The largest absolute Gasteiger partial charge is 0.507 e. The third kappa shape index (κ3) is 1.63. The van der Waals surface area contributed by atoms with E-state index in [0.29, 0.717) is 9.92 Å². The van der Waals surface area contributed by atoms with Crippen molar-refractivity contribution in [1.82, 2.24) is 0 Å². The second-order valence-corrected chi connectivity index (χ2v) is 3.09. The van der Waals surface area contributed by atoms with Crippen LogP contribution in [-0.2, 0) is 6.42 Å². The maximum absolute atomic E-state index is 9.16. The lowest BCUT2D eigenvalue weighted by Crippen LogP contribution is -1.83. The molecule has 1 aromatic carbocycles. The molecule has 1 N–H and O–H groups in total. The molecule has 1 aromatic rings. The third-order valence-corrected chi connectivity index (χ3v) is 2.57. The molecule has 0 fully saturated rings. The summed E-state index contributed by atoms with van der Waals surface area (Å²) < 4.78 is 0. The molecule has 0 aromatic heterocycles. The molecule has 11 heavy (non-hydrogen) atoms. The van der Waals surface area contributed by atoms with Gasteiger partial charge in [0, 0.05) is 0 Å². The van der Waals surface area contributed by atoms with Crippen molar-refractivity contribution < 1.29 is 5.11 Å². The van der Waals surface area contributed by atoms with E-state index >= 15 is 0 Å². The van der Waals surface area contributed by atoms with Crippen molar-refractivity contribution in [3.63, 3.8) is 0 Å². The van der Waals surface area contributed by atoms with E-state index in [2.05, 4.69) is 12.6 Å². The lowest BCUT2D eigenvalue weighted by atomic mass is 10.2. The van der Waals surface area contributed by atoms with Gasteiger partial charge in [-0.15, -0.1) is 12.6 Å². The van der Waals surface area contributed by atoms with Crippen LogP contribution in [0.3, 0.4) is 0 Å². The van der Waals surface area contributed by atoms with Crippen LogP contribution in [-0.4, -0.2) is 5.11 Å². The highest BCUT2D eigenvalue weighted by Gasteiger charge is 2.05. The van der Waals surface area contributed by atoms with Crippen molar-refractivity contribution in [1.29, 1.82) is 0 Å². The zero-order valence-corrected chi connectivity index (χ0v) is 7.78. The summed E-state index contributed by atoms with van der Waals surface area (Å²) in [4.78, 5) is 0.464. The Kier molecular flexibility index (Phi) is 2.68. The highest BCUT2D eigenvalue weighted by atomic mass is 35.5. The molecule has 0 saturated carbocycles. The molecule has 1 nitrogen and oxygen atoms in total. The van der Waals surface area contributed by atoms with Crippen LogP contribution in [0.15, 0.2) is 17.0 Å². The first-order valence-electron chi connectivity index (χ1n) is 3.36. The maximum Gasteiger partial charge on any atom is 0.130 e. The monoisotopic (exact) mass is 188 g/mol. The van der Waals surface area contributed by atoms with Crippen LogP contribution < -0.4 is 0 Å². The molecule has 0 heterocycles. The molecule has 0 amide bonds. The van der Waals surface area contributed by atoms with Crippen LogP contribution >= 0.6 is 24.2 Å². The predicted octanol–water partition coefficient (Wildman–Crippen LogP) is 2.90. The van der Waals surface area contributed by atoms with E-state index in [0.717, 1.165) is 12.0 Å². The number of phenols is 1. The molecule has 0 saturated heterocycles. The number of aryl methyl sites for hydroxylation is 1. The summed E-state index contributed by atoms with van der Waals surface area (Å²) in [5.74, 6) is 0.135.